The predicted octanol–water partition coefficient (Wildman–Crippen LogP) is 5.25. The van der Waals surface area contributed by atoms with Gasteiger partial charge in [0.1, 0.15) is 12.4 Å². The lowest BCUT2D eigenvalue weighted by molar-refractivity contribution is 0.0899. The maximum absolute atomic E-state index is 8.91. The molecule has 0 bridgehead atoms. The number of nitrogens with zero attached hydrogens (tertiary/aromatic N) is 6. The Labute approximate surface area is 185 Å². The zero-order valence-corrected chi connectivity index (χ0v) is 19.8. The molecule has 0 aliphatic heterocycles. The molecule has 1 saturated carbocycles. The van der Waals surface area contributed by atoms with Crippen LogP contribution in [-0.2, 0) is 11.5 Å². The number of ether oxygens (including phenoxy) is 1. The summed E-state index contributed by atoms with van der Waals surface area (Å²) in [6.45, 7) is 8.38. The second-order valence-corrected chi connectivity index (χ2v) is 15.5. The van der Waals surface area contributed by atoms with Gasteiger partial charge < -0.3 is 9.30 Å². The van der Waals surface area contributed by atoms with Gasteiger partial charge in [-0.3, -0.25) is 4.68 Å². The van der Waals surface area contributed by atoms with Crippen molar-refractivity contribution >= 4 is 19.1 Å². The Morgan fingerprint density at radius 3 is 2.74 bits per heavy atom. The third kappa shape index (κ3) is 5.41. The predicted molar refractivity (Wildman–Crippen MR) is 124 cm³/mol. The molecule has 1 aliphatic carbocycles. The number of rotatable bonds is 8. The van der Waals surface area contributed by atoms with Crippen LogP contribution in [-0.4, -0.2) is 39.0 Å². The monoisotopic (exact) mass is 436 g/mol. The van der Waals surface area contributed by atoms with Gasteiger partial charge in [-0.2, -0.15) is 10.4 Å². The highest BCUT2D eigenvalue weighted by atomic mass is 28.3. The molecule has 7 nitrogen and oxygen atoms in total. The van der Waals surface area contributed by atoms with Gasteiger partial charge in [0, 0.05) is 45.1 Å². The second-order valence-electron chi connectivity index (χ2n) is 9.85. The first-order valence-electron chi connectivity index (χ1n) is 11.2. The first kappa shape index (κ1) is 21.7. The van der Waals surface area contributed by atoms with Gasteiger partial charge in [-0.15, -0.1) is 0 Å². The van der Waals surface area contributed by atoms with E-state index in [1.54, 1.807) is 0 Å². The van der Waals surface area contributed by atoms with E-state index in [1.165, 1.54) is 0 Å². The van der Waals surface area contributed by atoms with Crippen LogP contribution >= 0.6 is 0 Å². The summed E-state index contributed by atoms with van der Waals surface area (Å²) in [7, 11) is -1.09. The van der Waals surface area contributed by atoms with Crippen molar-refractivity contribution in [3.05, 3.63) is 30.9 Å². The van der Waals surface area contributed by atoms with Gasteiger partial charge in [0.25, 0.3) is 0 Å². The number of hydrogen-bond acceptors (Lipinski definition) is 5. The van der Waals surface area contributed by atoms with E-state index in [1.807, 2.05) is 29.2 Å². The van der Waals surface area contributed by atoms with E-state index in [-0.39, 0.29) is 0 Å². The Bertz CT molecular complexity index is 1050. The van der Waals surface area contributed by atoms with Gasteiger partial charge in [0.15, 0.2) is 5.82 Å². The van der Waals surface area contributed by atoms with Crippen LogP contribution in [0.2, 0.25) is 25.7 Å². The summed E-state index contributed by atoms with van der Waals surface area (Å²) >= 11 is 0. The summed E-state index contributed by atoms with van der Waals surface area (Å²) in [5.41, 5.74) is 1.83. The van der Waals surface area contributed by atoms with Gasteiger partial charge >= 0.3 is 0 Å². The molecule has 0 N–H and O–H groups in total. The van der Waals surface area contributed by atoms with Gasteiger partial charge in [0.05, 0.1) is 23.9 Å². The third-order valence-corrected chi connectivity index (χ3v) is 7.86. The molecule has 3 heterocycles. The van der Waals surface area contributed by atoms with Crippen LogP contribution < -0.4 is 0 Å². The van der Waals surface area contributed by atoms with E-state index in [2.05, 4.69) is 46.7 Å². The largest absolute Gasteiger partial charge is 0.361 e. The summed E-state index contributed by atoms with van der Waals surface area (Å²) in [6, 6.07) is 5.90. The minimum atomic E-state index is -1.09. The molecule has 0 atom stereocenters. The third-order valence-electron chi connectivity index (χ3n) is 6.16. The zero-order chi connectivity index (χ0) is 21.8. The molecule has 3 aromatic rings. The maximum Gasteiger partial charge on any atom is 0.164 e. The Balaban J connectivity index is 1.44. The van der Waals surface area contributed by atoms with Crippen molar-refractivity contribution in [3.63, 3.8) is 0 Å². The SMILES string of the molecule is C[Si](C)(C)CCOCn1ccc2cnc(-c3cnn(C4CCC(CC#N)CC4)c3)nc21. The Morgan fingerprint density at radius 1 is 1.19 bits per heavy atom. The van der Waals surface area contributed by atoms with Crippen molar-refractivity contribution in [2.45, 2.75) is 70.6 Å². The zero-order valence-electron chi connectivity index (χ0n) is 18.8. The second kappa shape index (κ2) is 9.33. The lowest BCUT2D eigenvalue weighted by Gasteiger charge is -2.27. The molecule has 0 saturated heterocycles. The minimum absolute atomic E-state index is 0.399. The van der Waals surface area contributed by atoms with E-state index < -0.39 is 8.07 Å². The summed E-state index contributed by atoms with van der Waals surface area (Å²) in [5.74, 6) is 1.24. The number of fused-ring (bicyclic) bond motifs is 1. The van der Waals surface area contributed by atoms with Crippen molar-refractivity contribution in [2.24, 2.45) is 5.92 Å². The molecule has 1 aliphatic rings. The fraction of sp³-hybridized carbons (Fsp3) is 0.565. The average molecular weight is 437 g/mol. The fourth-order valence-corrected chi connectivity index (χ4v) is 4.91. The topological polar surface area (TPSA) is 81.5 Å². The van der Waals surface area contributed by atoms with Crippen LogP contribution in [0.15, 0.2) is 30.9 Å². The van der Waals surface area contributed by atoms with Gasteiger partial charge in [-0.1, -0.05) is 19.6 Å². The Morgan fingerprint density at radius 2 is 2.00 bits per heavy atom. The Hall–Kier alpha value is -2.50. The highest BCUT2D eigenvalue weighted by Gasteiger charge is 2.23. The van der Waals surface area contributed by atoms with Crippen LogP contribution in [0, 0.1) is 17.2 Å². The van der Waals surface area contributed by atoms with Crippen molar-refractivity contribution in [3.8, 4) is 17.5 Å². The quantitative estimate of drug-likeness (QED) is 0.356. The highest BCUT2D eigenvalue weighted by Crippen LogP contribution is 2.34. The maximum atomic E-state index is 8.91. The normalized spacial score (nSPS) is 19.5. The van der Waals surface area contributed by atoms with Crippen LogP contribution in [0.3, 0.4) is 0 Å². The summed E-state index contributed by atoms with van der Waals surface area (Å²) in [5, 5.41) is 14.5. The Kier molecular flexibility index (Phi) is 6.53. The molecular formula is C23H32N6OSi. The van der Waals surface area contributed by atoms with E-state index >= 15 is 0 Å². The molecule has 0 radical (unpaired) electrons. The molecular weight excluding hydrogens is 404 g/mol. The lowest BCUT2D eigenvalue weighted by Crippen LogP contribution is -2.22. The van der Waals surface area contributed by atoms with Crippen molar-refractivity contribution in [2.75, 3.05) is 6.61 Å². The molecule has 31 heavy (non-hydrogen) atoms. The molecule has 0 spiro atoms. The summed E-state index contributed by atoms with van der Waals surface area (Å²) in [4.78, 5) is 9.38. The summed E-state index contributed by atoms with van der Waals surface area (Å²) < 4.78 is 10.0. The molecule has 164 valence electrons. The van der Waals surface area contributed by atoms with Crippen LogP contribution in [0.1, 0.15) is 38.1 Å². The van der Waals surface area contributed by atoms with Crippen LogP contribution in [0.4, 0.5) is 0 Å². The van der Waals surface area contributed by atoms with Gasteiger partial charge in [-0.25, -0.2) is 9.97 Å². The molecule has 0 aromatic carbocycles. The average Bonchev–Trinajstić information content (AvgIpc) is 3.38. The molecule has 0 unspecified atom stereocenters. The van der Waals surface area contributed by atoms with Crippen LogP contribution in [0.5, 0.6) is 0 Å². The molecule has 3 aromatic heterocycles. The van der Waals surface area contributed by atoms with Crippen molar-refractivity contribution < 1.29 is 4.74 Å². The minimum Gasteiger partial charge on any atom is -0.361 e. The summed E-state index contributed by atoms with van der Waals surface area (Å²) in [6.07, 6.45) is 12.8. The van der Waals surface area contributed by atoms with Gasteiger partial charge in [0.2, 0.25) is 0 Å². The first-order valence-corrected chi connectivity index (χ1v) is 14.9. The highest BCUT2D eigenvalue weighted by molar-refractivity contribution is 6.76. The lowest BCUT2D eigenvalue weighted by atomic mass is 9.84. The van der Waals surface area contributed by atoms with E-state index in [9.17, 15) is 0 Å². The molecule has 1 fully saturated rings. The van der Waals surface area contributed by atoms with E-state index in [4.69, 9.17) is 15.0 Å². The van der Waals surface area contributed by atoms with E-state index in [0.29, 0.717) is 30.9 Å². The van der Waals surface area contributed by atoms with E-state index in [0.717, 1.165) is 54.9 Å². The first-order chi connectivity index (χ1) is 14.9. The molecule has 4 rings (SSSR count). The van der Waals surface area contributed by atoms with Gasteiger partial charge in [-0.05, 0) is 43.7 Å². The van der Waals surface area contributed by atoms with Crippen molar-refractivity contribution in [1.29, 1.82) is 5.26 Å². The number of hydrogen-bond donors (Lipinski definition) is 0. The fourth-order valence-electron chi connectivity index (χ4n) is 4.15. The number of aromatic nitrogens is 5. The standard InChI is InChI=1S/C23H32N6OSi/c1-31(2,3)13-12-30-17-28-11-9-19-14-25-22(27-23(19)28)20-15-26-29(16-20)21-6-4-18(5-7-21)8-10-24/h9,11,14-16,18,21H,4-8,12-13,17H2,1-3H3. The van der Waals surface area contributed by atoms with Crippen LogP contribution in [0.25, 0.3) is 22.4 Å². The number of nitriles is 1. The smallest absolute Gasteiger partial charge is 0.164 e. The molecule has 0 amide bonds. The van der Waals surface area contributed by atoms with Crippen molar-refractivity contribution in [1.82, 2.24) is 24.3 Å². The molecule has 8 heteroatoms.